The molecule has 27 heavy (non-hydrogen) atoms. The molecule has 138 valence electrons. The number of nitrogens with zero attached hydrogens (tertiary/aromatic N) is 2. The highest BCUT2D eigenvalue weighted by Crippen LogP contribution is 2.33. The maximum atomic E-state index is 13.0. The lowest BCUT2D eigenvalue weighted by molar-refractivity contribution is -0.115. The van der Waals surface area contributed by atoms with Gasteiger partial charge >= 0.3 is 0 Å². The van der Waals surface area contributed by atoms with Crippen molar-refractivity contribution in [3.63, 3.8) is 0 Å². The van der Waals surface area contributed by atoms with E-state index in [2.05, 4.69) is 21.3 Å². The normalized spacial score (nSPS) is 14.3. The van der Waals surface area contributed by atoms with Gasteiger partial charge in [0.25, 0.3) is 0 Å². The Morgan fingerprint density at radius 2 is 1.78 bits per heavy atom. The van der Waals surface area contributed by atoms with Crippen molar-refractivity contribution < 1.29 is 9.18 Å². The molecule has 1 aliphatic rings. The molecule has 5 heteroatoms. The Balaban J connectivity index is 1.58. The lowest BCUT2D eigenvalue weighted by atomic mass is 10.0. The van der Waals surface area contributed by atoms with Crippen molar-refractivity contribution in [1.82, 2.24) is 4.98 Å². The Morgan fingerprint density at radius 3 is 2.56 bits per heavy atom. The number of pyridine rings is 1. The van der Waals surface area contributed by atoms with Crippen molar-refractivity contribution in [3.05, 3.63) is 66.2 Å². The van der Waals surface area contributed by atoms with Gasteiger partial charge in [0.05, 0.1) is 12.1 Å². The molecule has 1 aliphatic heterocycles. The van der Waals surface area contributed by atoms with E-state index in [1.807, 2.05) is 12.1 Å². The minimum atomic E-state index is -0.301. The van der Waals surface area contributed by atoms with Gasteiger partial charge in [-0.25, -0.2) is 4.39 Å². The summed E-state index contributed by atoms with van der Waals surface area (Å²) in [7, 11) is 0. The summed E-state index contributed by atoms with van der Waals surface area (Å²) in [5.41, 5.74) is 2.73. The molecule has 2 aromatic carbocycles. The second-order valence-corrected chi connectivity index (χ2v) is 6.95. The van der Waals surface area contributed by atoms with Crippen molar-refractivity contribution >= 4 is 28.1 Å². The average molecular weight is 363 g/mol. The maximum Gasteiger partial charge on any atom is 0.228 e. The summed E-state index contributed by atoms with van der Waals surface area (Å²) < 4.78 is 13.0. The number of carbonyl (C=O) groups excluding carboxylic acids is 1. The molecule has 1 fully saturated rings. The lowest BCUT2D eigenvalue weighted by Crippen LogP contribution is -2.29. The molecule has 0 radical (unpaired) electrons. The first-order chi connectivity index (χ1) is 13.2. The largest absolute Gasteiger partial charge is 0.371 e. The van der Waals surface area contributed by atoms with Crippen molar-refractivity contribution in [1.29, 1.82) is 0 Å². The number of halogens is 1. The lowest BCUT2D eigenvalue weighted by Gasteiger charge is -2.30. The Labute approximate surface area is 158 Å². The molecule has 0 bridgehead atoms. The number of anilines is 2. The first kappa shape index (κ1) is 17.5. The standard InChI is InChI=1S/C22H22FN3O/c23-17-6-4-16(5-7-17)14-22(27)25-20-8-9-21(26-12-2-1-3-13-26)18-10-11-24-15-19(18)20/h4-11,15H,1-3,12-14H2,(H,25,27). The van der Waals surface area contributed by atoms with Crippen LogP contribution in [0.2, 0.25) is 0 Å². The van der Waals surface area contributed by atoms with Gasteiger partial charge in [-0.1, -0.05) is 12.1 Å². The fraction of sp³-hybridized carbons (Fsp3) is 0.273. The van der Waals surface area contributed by atoms with Crippen LogP contribution in [-0.4, -0.2) is 24.0 Å². The van der Waals surface area contributed by atoms with E-state index in [9.17, 15) is 9.18 Å². The molecule has 0 aliphatic carbocycles. The SMILES string of the molecule is O=C(Cc1ccc(F)cc1)Nc1ccc(N2CCCCC2)c2ccncc12. The van der Waals surface area contributed by atoms with Crippen LogP contribution in [0.25, 0.3) is 10.8 Å². The topological polar surface area (TPSA) is 45.2 Å². The summed E-state index contributed by atoms with van der Waals surface area (Å²) in [5.74, 6) is -0.429. The van der Waals surface area contributed by atoms with Crippen LogP contribution in [0.5, 0.6) is 0 Å². The smallest absolute Gasteiger partial charge is 0.228 e. The van der Waals surface area contributed by atoms with Gasteiger partial charge in [0.2, 0.25) is 5.91 Å². The van der Waals surface area contributed by atoms with E-state index in [4.69, 9.17) is 0 Å². The van der Waals surface area contributed by atoms with Crippen LogP contribution < -0.4 is 10.2 Å². The number of piperidine rings is 1. The summed E-state index contributed by atoms with van der Waals surface area (Å²) in [5, 5.41) is 5.03. The van der Waals surface area contributed by atoms with Gasteiger partial charge in [0.15, 0.2) is 0 Å². The van der Waals surface area contributed by atoms with Crippen LogP contribution in [0.4, 0.5) is 15.8 Å². The minimum absolute atomic E-state index is 0.127. The highest BCUT2D eigenvalue weighted by molar-refractivity contribution is 6.06. The van der Waals surface area contributed by atoms with E-state index in [0.717, 1.165) is 35.1 Å². The van der Waals surface area contributed by atoms with Crippen LogP contribution in [0, 0.1) is 5.82 Å². The van der Waals surface area contributed by atoms with Gasteiger partial charge in [-0.15, -0.1) is 0 Å². The number of hydrogen-bond donors (Lipinski definition) is 1. The molecule has 1 aromatic heterocycles. The third-order valence-electron chi connectivity index (χ3n) is 5.04. The molecule has 0 unspecified atom stereocenters. The minimum Gasteiger partial charge on any atom is -0.371 e. The van der Waals surface area contributed by atoms with Crippen LogP contribution in [0.15, 0.2) is 54.9 Å². The molecule has 4 nitrogen and oxygen atoms in total. The van der Waals surface area contributed by atoms with Crippen molar-refractivity contribution in [2.45, 2.75) is 25.7 Å². The molecular formula is C22H22FN3O. The van der Waals surface area contributed by atoms with Crippen LogP contribution in [-0.2, 0) is 11.2 Å². The Hall–Kier alpha value is -2.95. The fourth-order valence-corrected chi connectivity index (χ4v) is 3.68. The Bertz CT molecular complexity index is 949. The van der Waals surface area contributed by atoms with Gasteiger partial charge in [0.1, 0.15) is 5.82 Å². The average Bonchev–Trinajstić information content (AvgIpc) is 2.71. The fourth-order valence-electron chi connectivity index (χ4n) is 3.68. The summed E-state index contributed by atoms with van der Waals surface area (Å²) in [4.78, 5) is 19.1. The molecule has 0 atom stereocenters. The Kier molecular flexibility index (Phi) is 5.01. The monoisotopic (exact) mass is 363 g/mol. The van der Waals surface area contributed by atoms with Crippen molar-refractivity contribution in [2.75, 3.05) is 23.3 Å². The number of carbonyl (C=O) groups is 1. The van der Waals surface area contributed by atoms with Crippen LogP contribution in [0.1, 0.15) is 24.8 Å². The van der Waals surface area contributed by atoms with E-state index in [1.54, 1.807) is 24.5 Å². The highest BCUT2D eigenvalue weighted by Gasteiger charge is 2.16. The van der Waals surface area contributed by atoms with Crippen molar-refractivity contribution in [3.8, 4) is 0 Å². The maximum absolute atomic E-state index is 13.0. The van der Waals surface area contributed by atoms with Gasteiger partial charge < -0.3 is 10.2 Å². The van der Waals surface area contributed by atoms with E-state index in [0.29, 0.717) is 0 Å². The van der Waals surface area contributed by atoms with Gasteiger partial charge in [0, 0.05) is 41.9 Å². The molecule has 1 saturated heterocycles. The second kappa shape index (κ2) is 7.74. The van der Waals surface area contributed by atoms with E-state index in [-0.39, 0.29) is 18.1 Å². The molecule has 2 heterocycles. The molecule has 0 saturated carbocycles. The predicted octanol–water partition coefficient (Wildman–Crippen LogP) is 4.55. The number of hydrogen-bond acceptors (Lipinski definition) is 3. The zero-order chi connectivity index (χ0) is 18.6. The number of fused-ring (bicyclic) bond motifs is 1. The first-order valence-corrected chi connectivity index (χ1v) is 9.37. The number of amides is 1. The van der Waals surface area contributed by atoms with Gasteiger partial charge in [-0.05, 0) is 55.2 Å². The molecule has 1 N–H and O–H groups in total. The van der Waals surface area contributed by atoms with E-state index in [1.165, 1.54) is 37.1 Å². The number of nitrogens with one attached hydrogen (secondary N) is 1. The first-order valence-electron chi connectivity index (χ1n) is 9.37. The van der Waals surface area contributed by atoms with Gasteiger partial charge in [-0.2, -0.15) is 0 Å². The number of aromatic nitrogens is 1. The van der Waals surface area contributed by atoms with Gasteiger partial charge in [-0.3, -0.25) is 9.78 Å². The zero-order valence-corrected chi connectivity index (χ0v) is 15.1. The third-order valence-corrected chi connectivity index (χ3v) is 5.04. The molecule has 3 aromatic rings. The number of rotatable bonds is 4. The molecule has 1 amide bonds. The van der Waals surface area contributed by atoms with Crippen molar-refractivity contribution in [2.24, 2.45) is 0 Å². The molecule has 0 spiro atoms. The quantitative estimate of drug-likeness (QED) is 0.740. The number of benzene rings is 2. The summed E-state index contributed by atoms with van der Waals surface area (Å²) in [6, 6.07) is 12.1. The Morgan fingerprint density at radius 1 is 1.00 bits per heavy atom. The zero-order valence-electron chi connectivity index (χ0n) is 15.1. The summed E-state index contributed by atoms with van der Waals surface area (Å²) in [6.45, 7) is 2.13. The molecular weight excluding hydrogens is 341 g/mol. The highest BCUT2D eigenvalue weighted by atomic mass is 19.1. The van der Waals surface area contributed by atoms with E-state index >= 15 is 0 Å². The van der Waals surface area contributed by atoms with Crippen LogP contribution >= 0.6 is 0 Å². The second-order valence-electron chi connectivity index (χ2n) is 6.95. The summed E-state index contributed by atoms with van der Waals surface area (Å²) >= 11 is 0. The third kappa shape index (κ3) is 3.92. The van der Waals surface area contributed by atoms with Crippen LogP contribution in [0.3, 0.4) is 0 Å². The van der Waals surface area contributed by atoms with E-state index < -0.39 is 0 Å². The molecule has 4 rings (SSSR count). The summed E-state index contributed by atoms with van der Waals surface area (Å²) in [6.07, 6.45) is 7.51. The predicted molar refractivity (Wildman–Crippen MR) is 107 cm³/mol.